The molecule has 1 aliphatic heterocycles. The molecule has 2 rings (SSSR count). The van der Waals surface area contributed by atoms with Crippen molar-refractivity contribution in [2.24, 2.45) is 0 Å². The summed E-state index contributed by atoms with van der Waals surface area (Å²) in [5.41, 5.74) is 2.66. The number of rotatable bonds is 4. The van der Waals surface area contributed by atoms with Crippen molar-refractivity contribution in [3.63, 3.8) is 0 Å². The Bertz CT molecular complexity index is 336. The van der Waals surface area contributed by atoms with Crippen LogP contribution >= 0.6 is 0 Å². The lowest BCUT2D eigenvalue weighted by Gasteiger charge is -2.11. The molecular weight excluding hydrogens is 188 g/mol. The molecule has 1 heterocycles. The van der Waals surface area contributed by atoms with Crippen molar-refractivity contribution in [1.29, 1.82) is 0 Å². The highest BCUT2D eigenvalue weighted by molar-refractivity contribution is 5.37. The molecule has 15 heavy (non-hydrogen) atoms. The summed E-state index contributed by atoms with van der Waals surface area (Å²) in [4.78, 5) is 2.11. The second kappa shape index (κ2) is 4.64. The van der Waals surface area contributed by atoms with E-state index in [1.807, 2.05) is 20.2 Å². The average Bonchev–Trinajstić information content (AvgIpc) is 2.64. The van der Waals surface area contributed by atoms with E-state index >= 15 is 0 Å². The summed E-state index contributed by atoms with van der Waals surface area (Å²) in [6.45, 7) is 3.40. The largest absolute Gasteiger partial charge is 0.492 e. The van der Waals surface area contributed by atoms with E-state index in [1.54, 1.807) is 0 Å². The smallest absolute Gasteiger partial charge is 0.119 e. The van der Waals surface area contributed by atoms with Crippen molar-refractivity contribution < 1.29 is 4.74 Å². The standard InChI is InChI=1S/C12H17N2O/c1-14(2)5-6-15-12-4-3-10-8-13-9-11(10)7-12/h3-4,7H,5-6,8-9H2,1-2H3. The SMILES string of the molecule is CN(C)CCOc1ccc2c(c1)C[N]C2. The molecule has 81 valence electrons. The first kappa shape index (κ1) is 10.5. The Balaban J connectivity index is 1.92. The molecule has 0 atom stereocenters. The first-order valence-corrected chi connectivity index (χ1v) is 5.28. The van der Waals surface area contributed by atoms with E-state index in [-0.39, 0.29) is 0 Å². The van der Waals surface area contributed by atoms with Crippen LogP contribution in [0.4, 0.5) is 0 Å². The van der Waals surface area contributed by atoms with Crippen molar-refractivity contribution >= 4 is 0 Å². The van der Waals surface area contributed by atoms with E-state index in [2.05, 4.69) is 22.3 Å². The number of nitrogens with zero attached hydrogens (tertiary/aromatic N) is 2. The lowest BCUT2D eigenvalue weighted by atomic mass is 10.1. The third-order valence-electron chi connectivity index (χ3n) is 2.55. The predicted molar refractivity (Wildman–Crippen MR) is 60.0 cm³/mol. The number of hydrogen-bond acceptors (Lipinski definition) is 2. The zero-order valence-electron chi connectivity index (χ0n) is 9.36. The molecule has 1 aromatic carbocycles. The molecule has 3 heteroatoms. The topological polar surface area (TPSA) is 26.6 Å². The van der Waals surface area contributed by atoms with Crippen LogP contribution in [0.25, 0.3) is 0 Å². The van der Waals surface area contributed by atoms with E-state index < -0.39 is 0 Å². The molecule has 0 N–H and O–H groups in total. The van der Waals surface area contributed by atoms with Crippen LogP contribution in [0.15, 0.2) is 18.2 Å². The Morgan fingerprint density at radius 1 is 1.27 bits per heavy atom. The Kier molecular flexibility index (Phi) is 3.23. The summed E-state index contributed by atoms with van der Waals surface area (Å²) in [6, 6.07) is 6.27. The van der Waals surface area contributed by atoms with Crippen LogP contribution in [0, 0.1) is 0 Å². The second-order valence-corrected chi connectivity index (χ2v) is 4.12. The third-order valence-corrected chi connectivity index (χ3v) is 2.55. The summed E-state index contributed by atoms with van der Waals surface area (Å²) >= 11 is 0. The summed E-state index contributed by atoms with van der Waals surface area (Å²) < 4.78 is 5.66. The van der Waals surface area contributed by atoms with Gasteiger partial charge in [-0.2, -0.15) is 0 Å². The molecule has 1 aromatic rings. The monoisotopic (exact) mass is 205 g/mol. The van der Waals surface area contributed by atoms with E-state index in [9.17, 15) is 0 Å². The van der Waals surface area contributed by atoms with Gasteiger partial charge in [-0.15, -0.1) is 0 Å². The Morgan fingerprint density at radius 3 is 2.87 bits per heavy atom. The molecule has 0 fully saturated rings. The number of ether oxygens (including phenoxy) is 1. The van der Waals surface area contributed by atoms with Crippen LogP contribution in [-0.2, 0) is 13.1 Å². The second-order valence-electron chi connectivity index (χ2n) is 4.12. The number of likely N-dealkylation sites (N-methyl/N-ethyl adjacent to an activating group) is 1. The van der Waals surface area contributed by atoms with Gasteiger partial charge in [0.2, 0.25) is 0 Å². The molecule has 0 aliphatic carbocycles. The molecule has 1 radical (unpaired) electrons. The lowest BCUT2D eigenvalue weighted by Crippen LogP contribution is -2.19. The molecule has 0 spiro atoms. The van der Waals surface area contributed by atoms with Crippen molar-refractivity contribution in [2.45, 2.75) is 13.1 Å². The number of fused-ring (bicyclic) bond motifs is 1. The van der Waals surface area contributed by atoms with Crippen LogP contribution in [0.2, 0.25) is 0 Å². The normalized spacial score (nSPS) is 14.3. The van der Waals surface area contributed by atoms with E-state index in [0.717, 1.165) is 32.0 Å². The predicted octanol–water partition coefficient (Wildman–Crippen LogP) is 1.24. The summed E-state index contributed by atoms with van der Waals surface area (Å²) in [7, 11) is 4.09. The Labute approximate surface area is 91.0 Å². The van der Waals surface area contributed by atoms with Crippen LogP contribution in [0.5, 0.6) is 5.75 Å². The van der Waals surface area contributed by atoms with Gasteiger partial charge < -0.3 is 9.64 Å². The van der Waals surface area contributed by atoms with Crippen molar-refractivity contribution in [1.82, 2.24) is 10.2 Å². The zero-order chi connectivity index (χ0) is 10.7. The fraction of sp³-hybridized carbons (Fsp3) is 0.500. The summed E-state index contributed by atoms with van der Waals surface area (Å²) in [6.07, 6.45) is 0. The van der Waals surface area contributed by atoms with Crippen molar-refractivity contribution in [2.75, 3.05) is 27.2 Å². The quantitative estimate of drug-likeness (QED) is 0.739. The number of hydrogen-bond donors (Lipinski definition) is 0. The van der Waals surface area contributed by atoms with Gasteiger partial charge in [0, 0.05) is 19.6 Å². The first-order chi connectivity index (χ1) is 7.25. The molecule has 0 bridgehead atoms. The van der Waals surface area contributed by atoms with E-state index in [4.69, 9.17) is 4.74 Å². The highest BCUT2D eigenvalue weighted by Crippen LogP contribution is 2.22. The van der Waals surface area contributed by atoms with Crippen LogP contribution in [0.1, 0.15) is 11.1 Å². The minimum atomic E-state index is 0.739. The average molecular weight is 205 g/mol. The molecule has 0 amide bonds. The summed E-state index contributed by atoms with van der Waals surface area (Å²) in [5.74, 6) is 0.965. The van der Waals surface area contributed by atoms with E-state index in [0.29, 0.717) is 0 Å². The molecular formula is C12H17N2O. The number of benzene rings is 1. The maximum Gasteiger partial charge on any atom is 0.119 e. The Morgan fingerprint density at radius 2 is 2.07 bits per heavy atom. The van der Waals surface area contributed by atoms with E-state index in [1.165, 1.54) is 11.1 Å². The summed E-state index contributed by atoms with van der Waals surface area (Å²) in [5, 5.41) is 4.34. The van der Waals surface area contributed by atoms with Gasteiger partial charge in [0.05, 0.1) is 0 Å². The minimum Gasteiger partial charge on any atom is -0.492 e. The molecule has 0 saturated heterocycles. The van der Waals surface area contributed by atoms with Gasteiger partial charge in [-0.3, -0.25) is 0 Å². The minimum absolute atomic E-state index is 0.739. The van der Waals surface area contributed by atoms with Crippen LogP contribution in [0.3, 0.4) is 0 Å². The van der Waals surface area contributed by atoms with Crippen LogP contribution in [-0.4, -0.2) is 32.1 Å². The zero-order valence-corrected chi connectivity index (χ0v) is 9.36. The fourth-order valence-corrected chi connectivity index (χ4v) is 1.64. The molecule has 0 aromatic heterocycles. The van der Waals surface area contributed by atoms with Gasteiger partial charge in [0.1, 0.15) is 12.4 Å². The van der Waals surface area contributed by atoms with Crippen LogP contribution < -0.4 is 10.1 Å². The third kappa shape index (κ3) is 2.70. The maximum absolute atomic E-state index is 5.66. The van der Waals surface area contributed by atoms with Crippen molar-refractivity contribution in [3.05, 3.63) is 29.3 Å². The van der Waals surface area contributed by atoms with Gasteiger partial charge in [-0.05, 0) is 37.4 Å². The van der Waals surface area contributed by atoms with Gasteiger partial charge in [-0.1, -0.05) is 6.07 Å². The maximum atomic E-state index is 5.66. The molecule has 3 nitrogen and oxygen atoms in total. The lowest BCUT2D eigenvalue weighted by molar-refractivity contribution is 0.261. The molecule has 0 saturated carbocycles. The Hall–Kier alpha value is -1.06. The first-order valence-electron chi connectivity index (χ1n) is 5.28. The molecule has 0 unspecified atom stereocenters. The van der Waals surface area contributed by atoms with Gasteiger partial charge in [-0.25, -0.2) is 5.32 Å². The van der Waals surface area contributed by atoms with Crippen molar-refractivity contribution in [3.8, 4) is 5.75 Å². The fourth-order valence-electron chi connectivity index (χ4n) is 1.64. The van der Waals surface area contributed by atoms with Gasteiger partial charge >= 0.3 is 0 Å². The highest BCUT2D eigenvalue weighted by atomic mass is 16.5. The molecule has 1 aliphatic rings. The van der Waals surface area contributed by atoms with Gasteiger partial charge in [0.15, 0.2) is 0 Å². The van der Waals surface area contributed by atoms with Gasteiger partial charge in [0.25, 0.3) is 0 Å². The highest BCUT2D eigenvalue weighted by Gasteiger charge is 2.11.